The second-order valence-electron chi connectivity index (χ2n) is 2.73. The third kappa shape index (κ3) is 1.03. The summed E-state index contributed by atoms with van der Waals surface area (Å²) < 4.78 is 2.51. The molecule has 0 unspecified atom stereocenters. The van der Waals surface area contributed by atoms with Gasteiger partial charge in [-0.1, -0.05) is 0 Å². The van der Waals surface area contributed by atoms with Crippen LogP contribution in [-0.2, 0) is 13.0 Å². The zero-order valence-corrected chi connectivity index (χ0v) is 7.60. The first kappa shape index (κ1) is 7.10. The maximum absolute atomic E-state index is 11.4. The number of pyridine rings is 1. The average molecular weight is 214 g/mol. The predicted molar refractivity (Wildman–Crippen MR) is 46.7 cm³/mol. The van der Waals surface area contributed by atoms with Gasteiger partial charge in [0.1, 0.15) is 0 Å². The number of rotatable bonds is 0. The summed E-state index contributed by atoms with van der Waals surface area (Å²) in [6.45, 7) is 0.883. The van der Waals surface area contributed by atoms with Crippen LogP contribution in [0.3, 0.4) is 0 Å². The van der Waals surface area contributed by atoms with E-state index in [9.17, 15) is 4.79 Å². The molecule has 1 aliphatic rings. The molecular formula is C8H8BrNO. The van der Waals surface area contributed by atoms with E-state index < -0.39 is 0 Å². The van der Waals surface area contributed by atoms with Crippen molar-refractivity contribution in [3.63, 3.8) is 0 Å². The molecule has 0 bridgehead atoms. The topological polar surface area (TPSA) is 22.0 Å². The van der Waals surface area contributed by atoms with Crippen molar-refractivity contribution in [2.45, 2.75) is 19.4 Å². The molecule has 0 fully saturated rings. The minimum atomic E-state index is 0.111. The molecule has 0 atom stereocenters. The van der Waals surface area contributed by atoms with Gasteiger partial charge in [0.25, 0.3) is 5.56 Å². The molecule has 11 heavy (non-hydrogen) atoms. The number of nitrogens with zero attached hydrogens (tertiary/aromatic N) is 1. The molecule has 2 heterocycles. The van der Waals surface area contributed by atoms with Crippen LogP contribution in [0.2, 0.25) is 0 Å². The Morgan fingerprint density at radius 1 is 1.45 bits per heavy atom. The molecule has 58 valence electrons. The van der Waals surface area contributed by atoms with Crippen molar-refractivity contribution >= 4 is 15.9 Å². The fraction of sp³-hybridized carbons (Fsp3) is 0.375. The Hall–Kier alpha value is -0.570. The summed E-state index contributed by atoms with van der Waals surface area (Å²) >= 11 is 3.22. The van der Waals surface area contributed by atoms with Gasteiger partial charge in [-0.25, -0.2) is 0 Å². The lowest BCUT2D eigenvalue weighted by Gasteiger charge is -2.01. The molecular weight excluding hydrogens is 206 g/mol. The van der Waals surface area contributed by atoms with Crippen molar-refractivity contribution in [3.05, 3.63) is 32.7 Å². The van der Waals surface area contributed by atoms with E-state index in [1.165, 1.54) is 5.69 Å². The summed E-state index contributed by atoms with van der Waals surface area (Å²) in [5, 5.41) is 0. The summed E-state index contributed by atoms with van der Waals surface area (Å²) in [7, 11) is 0. The van der Waals surface area contributed by atoms with Gasteiger partial charge in [-0.05, 0) is 40.9 Å². The highest BCUT2D eigenvalue weighted by Gasteiger charge is 2.11. The summed E-state index contributed by atoms with van der Waals surface area (Å²) in [6, 6.07) is 3.85. The van der Waals surface area contributed by atoms with Gasteiger partial charge in [0.05, 0.1) is 4.47 Å². The highest BCUT2D eigenvalue weighted by atomic mass is 79.9. The minimum Gasteiger partial charge on any atom is -0.312 e. The van der Waals surface area contributed by atoms with E-state index in [1.807, 2.05) is 16.7 Å². The maximum atomic E-state index is 11.4. The predicted octanol–water partition coefficient (Wildman–Crippen LogP) is 1.56. The highest BCUT2D eigenvalue weighted by Crippen LogP contribution is 2.13. The molecule has 0 saturated carbocycles. The van der Waals surface area contributed by atoms with Gasteiger partial charge >= 0.3 is 0 Å². The summed E-state index contributed by atoms with van der Waals surface area (Å²) in [5.74, 6) is 0. The first-order chi connectivity index (χ1) is 5.29. The fourth-order valence-corrected chi connectivity index (χ4v) is 1.82. The van der Waals surface area contributed by atoms with Gasteiger partial charge in [0.2, 0.25) is 0 Å². The van der Waals surface area contributed by atoms with Gasteiger partial charge in [-0.2, -0.15) is 0 Å². The standard InChI is InChI=1S/C8H8BrNO/c9-7-4-3-6-2-1-5-10(6)8(7)11/h3-4H,1-2,5H2. The molecule has 0 aromatic carbocycles. The lowest BCUT2D eigenvalue weighted by Crippen LogP contribution is -2.19. The summed E-state index contributed by atoms with van der Waals surface area (Å²) in [5.41, 5.74) is 1.28. The molecule has 3 heteroatoms. The Morgan fingerprint density at radius 3 is 3.09 bits per heavy atom. The molecule has 1 aromatic rings. The van der Waals surface area contributed by atoms with Crippen LogP contribution in [0.5, 0.6) is 0 Å². The molecule has 0 N–H and O–H groups in total. The number of halogens is 1. The minimum absolute atomic E-state index is 0.111. The Bertz CT molecular complexity index is 342. The number of fused-ring (bicyclic) bond motifs is 1. The molecule has 0 spiro atoms. The zero-order valence-electron chi connectivity index (χ0n) is 6.01. The van der Waals surface area contributed by atoms with Gasteiger partial charge in [0.15, 0.2) is 0 Å². The van der Waals surface area contributed by atoms with Crippen molar-refractivity contribution < 1.29 is 0 Å². The van der Waals surface area contributed by atoms with Crippen LogP contribution < -0.4 is 5.56 Å². The SMILES string of the molecule is O=c1c(Br)ccc2n1CCC2. The molecule has 0 amide bonds. The van der Waals surface area contributed by atoms with Crippen LogP contribution in [0.1, 0.15) is 12.1 Å². The summed E-state index contributed by atoms with van der Waals surface area (Å²) in [6.07, 6.45) is 2.15. The highest BCUT2D eigenvalue weighted by molar-refractivity contribution is 9.10. The van der Waals surface area contributed by atoms with E-state index in [1.54, 1.807) is 0 Å². The summed E-state index contributed by atoms with van der Waals surface area (Å²) in [4.78, 5) is 11.4. The molecule has 0 aliphatic carbocycles. The van der Waals surface area contributed by atoms with Crippen molar-refractivity contribution in [3.8, 4) is 0 Å². The number of aryl methyl sites for hydroxylation is 1. The van der Waals surface area contributed by atoms with Gasteiger partial charge in [-0.15, -0.1) is 0 Å². The van der Waals surface area contributed by atoms with E-state index in [-0.39, 0.29) is 5.56 Å². The number of hydrogen-bond donors (Lipinski definition) is 0. The van der Waals surface area contributed by atoms with Gasteiger partial charge in [0, 0.05) is 12.2 Å². The normalized spacial score (nSPS) is 15.0. The Morgan fingerprint density at radius 2 is 2.27 bits per heavy atom. The zero-order chi connectivity index (χ0) is 7.84. The van der Waals surface area contributed by atoms with E-state index in [4.69, 9.17) is 0 Å². The van der Waals surface area contributed by atoms with Crippen LogP contribution in [0.15, 0.2) is 21.4 Å². The smallest absolute Gasteiger partial charge is 0.265 e. The van der Waals surface area contributed by atoms with Crippen molar-refractivity contribution in [1.29, 1.82) is 0 Å². The van der Waals surface area contributed by atoms with Crippen LogP contribution >= 0.6 is 15.9 Å². The Balaban J connectivity index is 2.72. The maximum Gasteiger partial charge on any atom is 0.265 e. The third-order valence-electron chi connectivity index (χ3n) is 2.03. The molecule has 2 nitrogen and oxygen atoms in total. The van der Waals surface area contributed by atoms with Crippen LogP contribution in [0, 0.1) is 0 Å². The third-order valence-corrected chi connectivity index (χ3v) is 2.64. The molecule has 2 rings (SSSR count). The molecule has 0 saturated heterocycles. The number of hydrogen-bond acceptors (Lipinski definition) is 1. The Kier molecular flexibility index (Phi) is 1.60. The second kappa shape index (κ2) is 2.48. The molecule has 0 radical (unpaired) electrons. The number of aromatic nitrogens is 1. The first-order valence-electron chi connectivity index (χ1n) is 3.67. The van der Waals surface area contributed by atoms with E-state index in [2.05, 4.69) is 15.9 Å². The average Bonchev–Trinajstić information content (AvgIpc) is 2.45. The first-order valence-corrected chi connectivity index (χ1v) is 4.46. The van der Waals surface area contributed by atoms with Crippen LogP contribution in [0.4, 0.5) is 0 Å². The van der Waals surface area contributed by atoms with Gasteiger partial charge in [-0.3, -0.25) is 4.79 Å². The fourth-order valence-electron chi connectivity index (χ4n) is 1.47. The molecule has 1 aromatic heterocycles. The van der Waals surface area contributed by atoms with Crippen molar-refractivity contribution in [1.82, 2.24) is 4.57 Å². The largest absolute Gasteiger partial charge is 0.312 e. The van der Waals surface area contributed by atoms with E-state index >= 15 is 0 Å². The molecule has 1 aliphatic heterocycles. The second-order valence-corrected chi connectivity index (χ2v) is 3.59. The lowest BCUT2D eigenvalue weighted by atomic mass is 10.3. The van der Waals surface area contributed by atoms with Crippen molar-refractivity contribution in [2.75, 3.05) is 0 Å². The van der Waals surface area contributed by atoms with Crippen LogP contribution in [0.25, 0.3) is 0 Å². The van der Waals surface area contributed by atoms with Crippen molar-refractivity contribution in [2.24, 2.45) is 0 Å². The van der Waals surface area contributed by atoms with Crippen LogP contribution in [-0.4, -0.2) is 4.57 Å². The quantitative estimate of drug-likeness (QED) is 0.642. The lowest BCUT2D eigenvalue weighted by molar-refractivity contribution is 0.718. The monoisotopic (exact) mass is 213 g/mol. The van der Waals surface area contributed by atoms with E-state index in [0.717, 1.165) is 19.4 Å². The van der Waals surface area contributed by atoms with Gasteiger partial charge < -0.3 is 4.57 Å². The van der Waals surface area contributed by atoms with E-state index in [0.29, 0.717) is 4.47 Å². The Labute approximate surface area is 73.0 Å².